The van der Waals surface area contributed by atoms with Crippen molar-refractivity contribution in [2.75, 3.05) is 31.7 Å². The third kappa shape index (κ3) is 3.35. The second-order valence-electron chi connectivity index (χ2n) is 5.20. The van der Waals surface area contributed by atoms with Crippen molar-refractivity contribution in [1.82, 2.24) is 9.97 Å². The van der Waals surface area contributed by atoms with Gasteiger partial charge in [0.1, 0.15) is 16.8 Å². The average Bonchev–Trinajstić information content (AvgIpc) is 2.34. The Morgan fingerprint density at radius 2 is 1.95 bits per heavy atom. The number of likely N-dealkylation sites (N-methyl/N-ethyl adjacent to an activating group) is 1. The van der Waals surface area contributed by atoms with E-state index in [9.17, 15) is 5.11 Å². The number of ether oxygens (including phenoxy) is 1. The third-order valence-electron chi connectivity index (χ3n) is 3.49. The van der Waals surface area contributed by atoms with Gasteiger partial charge in [0.2, 0.25) is 0 Å². The van der Waals surface area contributed by atoms with Gasteiger partial charge in [-0.3, -0.25) is 0 Å². The van der Waals surface area contributed by atoms with Crippen molar-refractivity contribution >= 4 is 17.4 Å². The molecular formula is C13H20ClN3O2. The first-order chi connectivity index (χ1) is 8.91. The maximum absolute atomic E-state index is 10.5. The first-order valence-electron chi connectivity index (χ1n) is 6.43. The summed E-state index contributed by atoms with van der Waals surface area (Å²) in [4.78, 5) is 10.5. The number of rotatable bonds is 3. The monoisotopic (exact) mass is 285 g/mol. The maximum atomic E-state index is 10.5. The molecule has 1 fully saturated rings. The van der Waals surface area contributed by atoms with E-state index in [0.717, 1.165) is 11.4 Å². The number of halogens is 1. The van der Waals surface area contributed by atoms with Crippen molar-refractivity contribution in [3.8, 4) is 0 Å². The Kier molecular flexibility index (Phi) is 4.28. The van der Waals surface area contributed by atoms with Crippen molar-refractivity contribution in [2.24, 2.45) is 0 Å². The Hall–Kier alpha value is -0.910. The zero-order valence-corrected chi connectivity index (χ0v) is 12.4. The van der Waals surface area contributed by atoms with E-state index in [0.29, 0.717) is 43.6 Å². The lowest BCUT2D eigenvalue weighted by molar-refractivity contribution is -0.0573. The minimum atomic E-state index is -0.717. The second kappa shape index (κ2) is 5.61. The van der Waals surface area contributed by atoms with Gasteiger partial charge >= 0.3 is 0 Å². The van der Waals surface area contributed by atoms with Gasteiger partial charge in [-0.25, -0.2) is 9.97 Å². The fourth-order valence-electron chi connectivity index (χ4n) is 2.38. The fourth-order valence-corrected chi connectivity index (χ4v) is 2.58. The summed E-state index contributed by atoms with van der Waals surface area (Å²) in [5.74, 6) is 1.41. The summed E-state index contributed by atoms with van der Waals surface area (Å²) in [7, 11) is 1.92. The highest BCUT2D eigenvalue weighted by Gasteiger charge is 2.32. The number of anilines is 1. The first-order valence-corrected chi connectivity index (χ1v) is 6.81. The average molecular weight is 286 g/mol. The molecule has 0 bridgehead atoms. The molecule has 0 aromatic carbocycles. The molecule has 1 aliphatic rings. The predicted octanol–water partition coefficient (Wildman–Crippen LogP) is 1.72. The van der Waals surface area contributed by atoms with Crippen LogP contribution >= 0.6 is 11.6 Å². The molecule has 2 heterocycles. The molecular weight excluding hydrogens is 266 g/mol. The van der Waals surface area contributed by atoms with Crippen molar-refractivity contribution in [3.63, 3.8) is 0 Å². The molecule has 1 saturated heterocycles. The summed E-state index contributed by atoms with van der Waals surface area (Å²) < 4.78 is 5.29. The Bertz CT molecular complexity index is 461. The zero-order chi connectivity index (χ0) is 14.0. The van der Waals surface area contributed by atoms with Gasteiger partial charge in [-0.15, -0.1) is 0 Å². The van der Waals surface area contributed by atoms with Crippen LogP contribution in [0, 0.1) is 13.8 Å². The number of nitrogens with zero attached hydrogens (tertiary/aromatic N) is 3. The van der Waals surface area contributed by atoms with Crippen LogP contribution in [0.5, 0.6) is 0 Å². The van der Waals surface area contributed by atoms with Crippen LogP contribution in [0.15, 0.2) is 0 Å². The van der Waals surface area contributed by atoms with Gasteiger partial charge in [0.05, 0.1) is 5.60 Å². The first kappa shape index (κ1) is 14.5. The van der Waals surface area contributed by atoms with Crippen molar-refractivity contribution in [1.29, 1.82) is 0 Å². The quantitative estimate of drug-likeness (QED) is 0.857. The van der Waals surface area contributed by atoms with Crippen LogP contribution in [0.2, 0.25) is 5.15 Å². The Morgan fingerprint density at radius 1 is 1.32 bits per heavy atom. The molecule has 1 N–H and O–H groups in total. The van der Waals surface area contributed by atoms with Crippen LogP contribution in [-0.2, 0) is 4.74 Å². The van der Waals surface area contributed by atoms with Crippen LogP contribution in [0.3, 0.4) is 0 Å². The van der Waals surface area contributed by atoms with Crippen molar-refractivity contribution < 1.29 is 9.84 Å². The highest BCUT2D eigenvalue weighted by atomic mass is 35.5. The molecule has 1 aliphatic heterocycles. The Morgan fingerprint density at radius 3 is 2.58 bits per heavy atom. The summed E-state index contributed by atoms with van der Waals surface area (Å²) in [6, 6.07) is 0. The Labute approximate surface area is 118 Å². The highest BCUT2D eigenvalue weighted by Crippen LogP contribution is 2.27. The lowest BCUT2D eigenvalue weighted by Crippen LogP contribution is -2.46. The van der Waals surface area contributed by atoms with E-state index in [2.05, 4.69) is 9.97 Å². The molecule has 19 heavy (non-hydrogen) atoms. The second-order valence-corrected chi connectivity index (χ2v) is 5.56. The summed E-state index contributed by atoms with van der Waals surface area (Å²) in [5, 5.41) is 11.0. The van der Waals surface area contributed by atoms with Crippen LogP contribution in [-0.4, -0.2) is 47.5 Å². The molecule has 6 heteroatoms. The third-order valence-corrected chi connectivity index (χ3v) is 3.86. The highest BCUT2D eigenvalue weighted by molar-refractivity contribution is 6.30. The summed E-state index contributed by atoms with van der Waals surface area (Å²) in [6.07, 6.45) is 1.29. The van der Waals surface area contributed by atoms with Gasteiger partial charge in [-0.1, -0.05) is 11.6 Å². The summed E-state index contributed by atoms with van der Waals surface area (Å²) in [6.45, 7) is 5.43. The van der Waals surface area contributed by atoms with E-state index in [1.807, 2.05) is 25.8 Å². The van der Waals surface area contributed by atoms with E-state index in [-0.39, 0.29) is 0 Å². The predicted molar refractivity (Wildman–Crippen MR) is 74.8 cm³/mol. The van der Waals surface area contributed by atoms with Crippen LogP contribution in [0.1, 0.15) is 24.2 Å². The smallest absolute Gasteiger partial charge is 0.137 e. The van der Waals surface area contributed by atoms with Crippen LogP contribution < -0.4 is 4.90 Å². The van der Waals surface area contributed by atoms with Gasteiger partial charge in [0, 0.05) is 45.2 Å². The Balaban J connectivity index is 2.17. The standard InChI is InChI=1S/C13H20ClN3O2/c1-9-11(14)15-10(2)16-12(9)17(3)8-13(18)4-6-19-7-5-13/h18H,4-8H2,1-3H3. The van der Waals surface area contributed by atoms with Gasteiger partial charge in [0.25, 0.3) is 0 Å². The zero-order valence-electron chi connectivity index (χ0n) is 11.6. The lowest BCUT2D eigenvalue weighted by Gasteiger charge is -2.36. The van der Waals surface area contributed by atoms with E-state index in [1.54, 1.807) is 0 Å². The molecule has 1 aromatic rings. The molecule has 0 saturated carbocycles. The number of aryl methyl sites for hydroxylation is 1. The van der Waals surface area contributed by atoms with Crippen molar-refractivity contribution in [3.05, 3.63) is 16.5 Å². The maximum Gasteiger partial charge on any atom is 0.137 e. The number of hydrogen-bond acceptors (Lipinski definition) is 5. The summed E-state index contributed by atoms with van der Waals surface area (Å²) in [5.41, 5.74) is 0.121. The molecule has 0 unspecified atom stereocenters. The molecule has 5 nitrogen and oxygen atoms in total. The minimum absolute atomic E-state index is 0.466. The normalized spacial score (nSPS) is 18.4. The fraction of sp³-hybridized carbons (Fsp3) is 0.692. The van der Waals surface area contributed by atoms with E-state index < -0.39 is 5.60 Å². The van der Waals surface area contributed by atoms with Gasteiger partial charge in [0.15, 0.2) is 0 Å². The molecule has 0 radical (unpaired) electrons. The van der Waals surface area contributed by atoms with Crippen molar-refractivity contribution in [2.45, 2.75) is 32.3 Å². The van der Waals surface area contributed by atoms with E-state index in [1.165, 1.54) is 0 Å². The number of aromatic nitrogens is 2. The minimum Gasteiger partial charge on any atom is -0.388 e. The molecule has 0 spiro atoms. The van der Waals surface area contributed by atoms with Gasteiger partial charge in [-0.05, 0) is 13.8 Å². The SMILES string of the molecule is Cc1nc(Cl)c(C)c(N(C)CC2(O)CCOCC2)n1. The molecule has 1 aromatic heterocycles. The molecule has 106 valence electrons. The molecule has 0 aliphatic carbocycles. The largest absolute Gasteiger partial charge is 0.388 e. The molecule has 0 atom stereocenters. The van der Waals surface area contributed by atoms with E-state index in [4.69, 9.17) is 16.3 Å². The van der Waals surface area contributed by atoms with Gasteiger partial charge in [-0.2, -0.15) is 0 Å². The van der Waals surface area contributed by atoms with Crippen LogP contribution in [0.25, 0.3) is 0 Å². The topological polar surface area (TPSA) is 58.5 Å². The van der Waals surface area contributed by atoms with Crippen LogP contribution in [0.4, 0.5) is 5.82 Å². The van der Waals surface area contributed by atoms with Gasteiger partial charge < -0.3 is 14.7 Å². The molecule has 0 amide bonds. The lowest BCUT2D eigenvalue weighted by atomic mass is 9.94. The molecule has 2 rings (SSSR count). The van der Waals surface area contributed by atoms with E-state index >= 15 is 0 Å². The number of hydrogen-bond donors (Lipinski definition) is 1. The summed E-state index contributed by atoms with van der Waals surface area (Å²) >= 11 is 6.08. The number of aliphatic hydroxyl groups is 1.